The molecule has 0 aromatic heterocycles. The molecule has 0 spiro atoms. The van der Waals surface area contributed by atoms with Gasteiger partial charge in [0.1, 0.15) is 12.1 Å². The second kappa shape index (κ2) is 8.94. The Labute approximate surface area is 111 Å². The van der Waals surface area contributed by atoms with E-state index >= 15 is 0 Å². The van der Waals surface area contributed by atoms with Gasteiger partial charge in [-0.3, -0.25) is 4.18 Å². The van der Waals surface area contributed by atoms with Crippen LogP contribution in [0.2, 0.25) is 0 Å². The first-order valence-electron chi connectivity index (χ1n) is 5.49. The van der Waals surface area contributed by atoms with E-state index < -0.39 is 16.6 Å². The summed E-state index contributed by atoms with van der Waals surface area (Å²) < 4.78 is 38.2. The van der Waals surface area contributed by atoms with Crippen LogP contribution in [0.5, 0.6) is 0 Å². The summed E-state index contributed by atoms with van der Waals surface area (Å²) in [7, 11) is -3.88. The zero-order valence-corrected chi connectivity index (χ0v) is 11.3. The molecule has 19 heavy (non-hydrogen) atoms. The van der Waals surface area contributed by atoms with E-state index in [0.29, 0.717) is 18.4 Å². The molecule has 0 bridgehead atoms. The number of benzene rings is 1. The van der Waals surface area contributed by atoms with Gasteiger partial charge in [-0.2, -0.15) is 8.42 Å². The maximum Gasteiger partial charge on any atom is 0.333 e. The van der Waals surface area contributed by atoms with Crippen molar-refractivity contribution >= 4 is 10.3 Å². The number of halogens is 1. The number of aliphatic hydroxyl groups excluding tert-OH is 1. The highest BCUT2D eigenvalue weighted by Crippen LogP contribution is 2.08. The van der Waals surface area contributed by atoms with Crippen LogP contribution in [0, 0.1) is 5.82 Å². The van der Waals surface area contributed by atoms with E-state index in [1.54, 1.807) is 18.2 Å². The monoisotopic (exact) mass is 295 g/mol. The fraction of sp³-hybridized carbons (Fsp3) is 0.455. The molecule has 0 radical (unpaired) electrons. The Balaban J connectivity index is 0.000000711. The quantitative estimate of drug-likeness (QED) is 0.534. The van der Waals surface area contributed by atoms with Crippen LogP contribution in [0.15, 0.2) is 24.3 Å². The molecule has 110 valence electrons. The Morgan fingerprint density at radius 1 is 1.37 bits per heavy atom. The number of aryl methyl sites for hydroxylation is 1. The lowest BCUT2D eigenvalue weighted by atomic mass is 10.1. The maximum atomic E-state index is 13.1. The number of nitrogens with two attached hydrogens (primary N) is 1. The normalized spacial score (nSPS) is 11.1. The van der Waals surface area contributed by atoms with Crippen molar-refractivity contribution in [2.24, 2.45) is 5.14 Å². The summed E-state index contributed by atoms with van der Waals surface area (Å²) in [6.45, 7) is 1.24. The van der Waals surface area contributed by atoms with Crippen LogP contribution in [0.4, 0.5) is 4.39 Å². The Bertz CT molecular complexity index is 461. The maximum absolute atomic E-state index is 13.1. The molecular weight excluding hydrogens is 277 g/mol. The van der Waals surface area contributed by atoms with Gasteiger partial charge < -0.3 is 10.2 Å². The second-order valence-electron chi connectivity index (χ2n) is 3.64. The number of hydrogen-bond acceptors (Lipinski definition) is 5. The van der Waals surface area contributed by atoms with E-state index in [1.807, 2.05) is 0 Å². The molecule has 0 aliphatic rings. The highest BCUT2D eigenvalue weighted by molar-refractivity contribution is 7.84. The van der Waals surface area contributed by atoms with Gasteiger partial charge in [-0.05, 0) is 31.4 Å². The number of rotatable bonds is 5. The van der Waals surface area contributed by atoms with Crippen LogP contribution in [0.25, 0.3) is 0 Å². The predicted octanol–water partition coefficient (Wildman–Crippen LogP) is 0.295. The summed E-state index contributed by atoms with van der Waals surface area (Å²) in [5, 5.41) is 19.8. The minimum Gasteiger partial charge on any atom is -0.368 e. The van der Waals surface area contributed by atoms with Crippen LogP contribution in [0.1, 0.15) is 18.9 Å². The highest BCUT2D eigenvalue weighted by Gasteiger charge is 2.03. The third-order valence-electron chi connectivity index (χ3n) is 1.80. The number of hydrogen-bond donors (Lipinski definition) is 3. The molecule has 0 aliphatic carbocycles. The average Bonchev–Trinajstić information content (AvgIpc) is 2.24. The first-order valence-corrected chi connectivity index (χ1v) is 6.96. The first kappa shape index (κ1) is 17.9. The molecule has 1 rings (SSSR count). The zero-order valence-electron chi connectivity index (χ0n) is 10.5. The lowest BCUT2D eigenvalue weighted by molar-refractivity contribution is -0.0228. The summed E-state index contributed by atoms with van der Waals surface area (Å²) in [4.78, 5) is 0. The van der Waals surface area contributed by atoms with Crippen LogP contribution < -0.4 is 5.14 Å². The zero-order chi connectivity index (χ0) is 14.9. The molecule has 0 atom stereocenters. The van der Waals surface area contributed by atoms with Crippen molar-refractivity contribution in [3.05, 3.63) is 35.6 Å². The fourth-order valence-corrected chi connectivity index (χ4v) is 1.49. The lowest BCUT2D eigenvalue weighted by Gasteiger charge is -2.02. The van der Waals surface area contributed by atoms with Crippen LogP contribution >= 0.6 is 0 Å². The van der Waals surface area contributed by atoms with Crippen molar-refractivity contribution in [2.75, 3.05) is 6.61 Å². The Kier molecular flexibility index (Phi) is 8.44. The topological polar surface area (TPSA) is 110 Å². The summed E-state index contributed by atoms with van der Waals surface area (Å²) in [5.74, 6) is -0.298. The predicted molar refractivity (Wildman–Crippen MR) is 67.7 cm³/mol. The van der Waals surface area contributed by atoms with Gasteiger partial charge >= 0.3 is 10.3 Å². The molecule has 0 saturated heterocycles. The van der Waals surface area contributed by atoms with Crippen molar-refractivity contribution in [1.29, 1.82) is 0 Å². The molecule has 0 saturated carbocycles. The Morgan fingerprint density at radius 2 is 1.89 bits per heavy atom. The second-order valence-corrected chi connectivity index (χ2v) is 4.86. The molecule has 1 aromatic carbocycles. The molecule has 8 heteroatoms. The molecule has 1 aromatic rings. The molecule has 6 nitrogen and oxygen atoms in total. The van der Waals surface area contributed by atoms with Crippen LogP contribution in [0.3, 0.4) is 0 Å². The van der Waals surface area contributed by atoms with E-state index in [2.05, 4.69) is 9.32 Å². The van der Waals surface area contributed by atoms with E-state index in [0.717, 1.165) is 0 Å². The molecular formula is C11H18FNO5S. The van der Waals surface area contributed by atoms with E-state index in [1.165, 1.54) is 13.0 Å². The van der Waals surface area contributed by atoms with Crippen molar-refractivity contribution in [1.82, 2.24) is 0 Å². The van der Waals surface area contributed by atoms with Gasteiger partial charge in [0.15, 0.2) is 0 Å². The molecule has 0 heterocycles. The highest BCUT2D eigenvalue weighted by atomic mass is 32.2. The number of aliphatic hydroxyl groups is 2. The van der Waals surface area contributed by atoms with E-state index in [4.69, 9.17) is 10.2 Å². The smallest absolute Gasteiger partial charge is 0.333 e. The van der Waals surface area contributed by atoms with E-state index in [9.17, 15) is 12.8 Å². The molecule has 0 amide bonds. The van der Waals surface area contributed by atoms with Crippen molar-refractivity contribution in [3.63, 3.8) is 0 Å². The Morgan fingerprint density at radius 3 is 2.37 bits per heavy atom. The van der Waals surface area contributed by atoms with Gasteiger partial charge in [0, 0.05) is 0 Å². The minimum absolute atomic E-state index is 0.0346. The minimum atomic E-state index is -3.88. The third kappa shape index (κ3) is 11.7. The first-order chi connectivity index (χ1) is 8.72. The van der Waals surface area contributed by atoms with Gasteiger partial charge in [0.2, 0.25) is 0 Å². The van der Waals surface area contributed by atoms with Gasteiger partial charge in [0.25, 0.3) is 0 Å². The largest absolute Gasteiger partial charge is 0.368 e. The molecule has 0 fully saturated rings. The summed E-state index contributed by atoms with van der Waals surface area (Å²) in [5.41, 5.74) is 0.538. The van der Waals surface area contributed by atoms with Crippen molar-refractivity contribution in [2.45, 2.75) is 26.1 Å². The van der Waals surface area contributed by atoms with Gasteiger partial charge in [0.05, 0.1) is 6.61 Å². The standard InChI is InChI=1S/C9H12FNO3S.C2H6O2/c10-9-6-2-1-4-8(9)5-3-7-14-15(11,12)13;1-2(3)4/h1-2,4,6H,3,5,7H2,(H2,11,12,13);2-4H,1H3. The van der Waals surface area contributed by atoms with Crippen molar-refractivity contribution in [3.8, 4) is 0 Å². The SMILES string of the molecule is CC(O)O.NS(=O)(=O)OCCCc1ccccc1F. The summed E-state index contributed by atoms with van der Waals surface area (Å²) >= 11 is 0. The molecule has 4 N–H and O–H groups in total. The van der Waals surface area contributed by atoms with Gasteiger partial charge in [-0.25, -0.2) is 9.53 Å². The average molecular weight is 295 g/mol. The molecule has 0 unspecified atom stereocenters. The Hall–Kier alpha value is -1.06. The fourth-order valence-electron chi connectivity index (χ4n) is 1.14. The summed E-state index contributed by atoms with van der Waals surface area (Å²) in [6.07, 6.45) is -0.348. The van der Waals surface area contributed by atoms with Crippen LogP contribution in [-0.4, -0.2) is 31.5 Å². The van der Waals surface area contributed by atoms with E-state index in [-0.39, 0.29) is 12.4 Å². The van der Waals surface area contributed by atoms with Crippen LogP contribution in [-0.2, 0) is 20.9 Å². The summed E-state index contributed by atoms with van der Waals surface area (Å²) in [6, 6.07) is 6.32. The van der Waals surface area contributed by atoms with Gasteiger partial charge in [-0.1, -0.05) is 18.2 Å². The molecule has 0 aliphatic heterocycles. The van der Waals surface area contributed by atoms with Gasteiger partial charge in [-0.15, -0.1) is 0 Å². The third-order valence-corrected chi connectivity index (χ3v) is 2.29. The lowest BCUT2D eigenvalue weighted by Crippen LogP contribution is -2.16. The van der Waals surface area contributed by atoms with Crippen molar-refractivity contribution < 1.29 is 27.2 Å².